The van der Waals surface area contributed by atoms with Crippen molar-refractivity contribution in [3.63, 3.8) is 0 Å². The largest absolute Gasteiger partial charge is 0.320 e. The predicted octanol–water partition coefficient (Wildman–Crippen LogP) is 4.54. The first-order chi connectivity index (χ1) is 13.5. The molecule has 1 amide bonds. The van der Waals surface area contributed by atoms with Gasteiger partial charge < -0.3 is 10.2 Å². The lowest BCUT2D eigenvalue weighted by atomic mass is 9.97. The van der Waals surface area contributed by atoms with E-state index in [2.05, 4.69) is 29.6 Å². The van der Waals surface area contributed by atoms with Crippen LogP contribution in [-0.4, -0.2) is 19.5 Å². The minimum absolute atomic E-state index is 0.0385. The number of quaternary nitrogens is 1. The zero-order chi connectivity index (χ0) is 20.1. The van der Waals surface area contributed by atoms with Crippen LogP contribution >= 0.6 is 23.2 Å². The Bertz CT molecular complexity index is 906. The second-order valence-electron chi connectivity index (χ2n) is 6.88. The number of hydrogen-bond donors (Lipinski definition) is 2. The van der Waals surface area contributed by atoms with Crippen molar-refractivity contribution in [3.05, 3.63) is 99.5 Å². The van der Waals surface area contributed by atoms with Crippen molar-refractivity contribution in [2.24, 2.45) is 0 Å². The van der Waals surface area contributed by atoms with E-state index < -0.39 is 0 Å². The van der Waals surface area contributed by atoms with Crippen LogP contribution in [-0.2, 0) is 4.79 Å². The van der Waals surface area contributed by atoms with Crippen LogP contribution in [0.5, 0.6) is 0 Å². The van der Waals surface area contributed by atoms with Gasteiger partial charge in [-0.05, 0) is 18.6 Å². The molecule has 3 rings (SSSR count). The molecule has 0 fully saturated rings. The molecule has 3 aromatic rings. The number of carbonyl (C=O) groups excluding carboxylic acids is 1. The van der Waals surface area contributed by atoms with Gasteiger partial charge in [0.2, 0.25) is 0 Å². The van der Waals surface area contributed by atoms with Gasteiger partial charge >= 0.3 is 0 Å². The Kier molecular flexibility index (Phi) is 6.74. The first-order valence-electron chi connectivity index (χ1n) is 9.14. The fraction of sp³-hybridized carbons (Fsp3) is 0.174. The van der Waals surface area contributed by atoms with Gasteiger partial charge in [0.25, 0.3) is 5.91 Å². The topological polar surface area (TPSA) is 33.5 Å². The maximum atomic E-state index is 12.8. The first kappa shape index (κ1) is 20.4. The fourth-order valence-electron chi connectivity index (χ4n) is 3.36. The standard InChI is InChI=1S/C23H22Cl2N2O/c1-16-13-14-19(24)22(21(16)25)26-20(28)15-27(2)23(17-9-5-3-6-10-17)18-11-7-4-8-12-18/h3-14,23H,15H2,1-2H3,(H,26,28)/p+1. The lowest BCUT2D eigenvalue weighted by molar-refractivity contribution is -0.897. The van der Waals surface area contributed by atoms with Crippen LogP contribution in [0, 0.1) is 6.92 Å². The lowest BCUT2D eigenvalue weighted by Gasteiger charge is -2.25. The van der Waals surface area contributed by atoms with Gasteiger partial charge in [0.1, 0.15) is 6.04 Å². The van der Waals surface area contributed by atoms with E-state index in [1.807, 2.05) is 56.4 Å². The fourth-order valence-corrected chi connectivity index (χ4v) is 3.83. The van der Waals surface area contributed by atoms with Crippen LogP contribution in [0.3, 0.4) is 0 Å². The normalized spacial score (nSPS) is 12.0. The van der Waals surface area contributed by atoms with Crippen molar-refractivity contribution < 1.29 is 9.69 Å². The second-order valence-corrected chi connectivity index (χ2v) is 7.66. The maximum absolute atomic E-state index is 12.8. The van der Waals surface area contributed by atoms with E-state index >= 15 is 0 Å². The van der Waals surface area contributed by atoms with Gasteiger partial charge in [-0.15, -0.1) is 0 Å². The molecule has 0 aromatic heterocycles. The van der Waals surface area contributed by atoms with Gasteiger partial charge in [0.05, 0.1) is 22.8 Å². The molecule has 0 radical (unpaired) electrons. The highest BCUT2D eigenvalue weighted by molar-refractivity contribution is 6.40. The molecule has 144 valence electrons. The molecule has 1 atom stereocenters. The van der Waals surface area contributed by atoms with Gasteiger partial charge in [-0.3, -0.25) is 4.79 Å². The van der Waals surface area contributed by atoms with Gasteiger partial charge in [-0.1, -0.05) is 89.9 Å². The number of amides is 1. The molecular weight excluding hydrogens is 391 g/mol. The molecule has 0 aliphatic heterocycles. The number of hydrogen-bond acceptors (Lipinski definition) is 1. The van der Waals surface area contributed by atoms with Crippen LogP contribution in [0.4, 0.5) is 5.69 Å². The summed E-state index contributed by atoms with van der Waals surface area (Å²) in [5.74, 6) is -0.135. The highest BCUT2D eigenvalue weighted by Crippen LogP contribution is 2.32. The van der Waals surface area contributed by atoms with Crippen molar-refractivity contribution in [1.82, 2.24) is 0 Å². The average Bonchev–Trinajstić information content (AvgIpc) is 2.70. The molecule has 28 heavy (non-hydrogen) atoms. The highest BCUT2D eigenvalue weighted by Gasteiger charge is 2.25. The van der Waals surface area contributed by atoms with Crippen LogP contribution < -0.4 is 10.2 Å². The second kappa shape index (κ2) is 9.24. The quantitative estimate of drug-likeness (QED) is 0.610. The Morgan fingerprint density at radius 1 is 0.929 bits per heavy atom. The Morgan fingerprint density at radius 3 is 2.00 bits per heavy atom. The van der Waals surface area contributed by atoms with E-state index in [0.29, 0.717) is 15.7 Å². The number of likely N-dealkylation sites (N-methyl/N-ethyl adjacent to an activating group) is 1. The summed E-state index contributed by atoms with van der Waals surface area (Å²) in [5.41, 5.74) is 3.65. The third-order valence-corrected chi connectivity index (χ3v) is 5.55. The van der Waals surface area contributed by atoms with E-state index in [0.717, 1.165) is 21.6 Å². The maximum Gasteiger partial charge on any atom is 0.279 e. The third-order valence-electron chi connectivity index (χ3n) is 4.75. The van der Waals surface area contributed by atoms with Gasteiger partial charge in [-0.25, -0.2) is 0 Å². The number of carbonyl (C=O) groups is 1. The molecule has 0 aliphatic rings. The minimum Gasteiger partial charge on any atom is -0.320 e. The average molecular weight is 414 g/mol. The molecule has 0 spiro atoms. The lowest BCUT2D eigenvalue weighted by Crippen LogP contribution is -3.10. The Morgan fingerprint density at radius 2 is 1.46 bits per heavy atom. The molecule has 0 saturated heterocycles. The van der Waals surface area contributed by atoms with Crippen molar-refractivity contribution in [2.75, 3.05) is 18.9 Å². The van der Waals surface area contributed by atoms with E-state index in [1.54, 1.807) is 6.07 Å². The molecule has 3 nitrogen and oxygen atoms in total. The van der Waals surface area contributed by atoms with E-state index in [-0.39, 0.29) is 18.5 Å². The van der Waals surface area contributed by atoms with Gasteiger partial charge in [0.15, 0.2) is 6.54 Å². The SMILES string of the molecule is Cc1ccc(Cl)c(NC(=O)C[NH+](C)C(c2ccccc2)c2ccccc2)c1Cl. The summed E-state index contributed by atoms with van der Waals surface area (Å²) in [4.78, 5) is 13.8. The van der Waals surface area contributed by atoms with Gasteiger partial charge in [0, 0.05) is 11.1 Å². The summed E-state index contributed by atoms with van der Waals surface area (Å²) >= 11 is 12.6. The van der Waals surface area contributed by atoms with Crippen molar-refractivity contribution in [3.8, 4) is 0 Å². The third kappa shape index (κ3) is 4.74. The van der Waals surface area contributed by atoms with E-state index in [4.69, 9.17) is 23.2 Å². The Hall–Kier alpha value is -2.33. The number of nitrogens with one attached hydrogen (secondary N) is 2. The zero-order valence-electron chi connectivity index (χ0n) is 15.9. The highest BCUT2D eigenvalue weighted by atomic mass is 35.5. The molecule has 2 N–H and O–H groups in total. The predicted molar refractivity (Wildman–Crippen MR) is 116 cm³/mol. The zero-order valence-corrected chi connectivity index (χ0v) is 17.4. The summed E-state index contributed by atoms with van der Waals surface area (Å²) in [5, 5.41) is 3.79. The van der Waals surface area contributed by atoms with Crippen molar-refractivity contribution >= 4 is 34.8 Å². The number of rotatable bonds is 6. The summed E-state index contributed by atoms with van der Waals surface area (Å²) in [6.45, 7) is 2.15. The summed E-state index contributed by atoms with van der Waals surface area (Å²) in [7, 11) is 2.02. The van der Waals surface area contributed by atoms with Gasteiger partial charge in [-0.2, -0.15) is 0 Å². The number of aryl methyl sites for hydroxylation is 1. The molecule has 3 aromatic carbocycles. The molecule has 0 heterocycles. The number of halogens is 2. The minimum atomic E-state index is -0.135. The first-order valence-corrected chi connectivity index (χ1v) is 9.89. The molecule has 1 unspecified atom stereocenters. The smallest absolute Gasteiger partial charge is 0.279 e. The van der Waals surface area contributed by atoms with Crippen molar-refractivity contribution in [2.45, 2.75) is 13.0 Å². The van der Waals surface area contributed by atoms with Crippen LogP contribution in [0.2, 0.25) is 10.0 Å². The monoisotopic (exact) mass is 413 g/mol. The molecular formula is C23H23Cl2N2O+. The molecule has 0 bridgehead atoms. The summed E-state index contributed by atoms with van der Waals surface area (Å²) in [6, 6.07) is 24.0. The summed E-state index contributed by atoms with van der Waals surface area (Å²) < 4.78 is 0. The number of anilines is 1. The molecule has 0 aliphatic carbocycles. The Labute approximate surface area is 175 Å². The van der Waals surface area contributed by atoms with Crippen LogP contribution in [0.1, 0.15) is 22.7 Å². The number of benzene rings is 3. The summed E-state index contributed by atoms with van der Waals surface area (Å²) in [6.07, 6.45) is 0. The van der Waals surface area contributed by atoms with E-state index in [9.17, 15) is 4.79 Å². The Balaban J connectivity index is 1.82. The van der Waals surface area contributed by atoms with Crippen LogP contribution in [0.15, 0.2) is 72.8 Å². The van der Waals surface area contributed by atoms with Crippen molar-refractivity contribution in [1.29, 1.82) is 0 Å². The van der Waals surface area contributed by atoms with Crippen LogP contribution in [0.25, 0.3) is 0 Å². The molecule has 0 saturated carbocycles. The molecule has 5 heteroatoms. The van der Waals surface area contributed by atoms with E-state index in [1.165, 1.54) is 0 Å².